The Labute approximate surface area is 139 Å². The zero-order valence-electron chi connectivity index (χ0n) is 12.4. The number of halogens is 2. The number of pyridine rings is 2. The summed E-state index contributed by atoms with van der Waals surface area (Å²) in [6.07, 6.45) is 1.50. The number of aromatic nitrogens is 4. The standard InChI is InChI=1S/C16H11ClFN5O/c1-6-14-8(4-11(17)21-6)12(13(19)16(24)22-14)7-2-3-10(18)15-9(7)5-20-23-15/h2-5H,19H2,1H3,(H,20,23)(H,22,24). The van der Waals surface area contributed by atoms with Crippen molar-refractivity contribution < 1.29 is 4.39 Å². The number of hydrogen-bond donors (Lipinski definition) is 3. The van der Waals surface area contributed by atoms with Gasteiger partial charge in [0.15, 0.2) is 0 Å². The lowest BCUT2D eigenvalue weighted by molar-refractivity contribution is 0.636. The SMILES string of the molecule is Cc1nc(Cl)cc2c(-c3ccc(F)c4[nH]ncc34)c(N)c(=O)[nH]c12. The molecule has 0 aliphatic carbocycles. The van der Waals surface area contributed by atoms with E-state index in [1.54, 1.807) is 19.1 Å². The zero-order valence-corrected chi connectivity index (χ0v) is 13.2. The van der Waals surface area contributed by atoms with Crippen LogP contribution in [-0.2, 0) is 0 Å². The van der Waals surface area contributed by atoms with Crippen LogP contribution >= 0.6 is 11.6 Å². The van der Waals surface area contributed by atoms with Gasteiger partial charge in [-0.25, -0.2) is 9.37 Å². The Hall–Kier alpha value is -2.93. The number of nitrogens with two attached hydrogens (primary N) is 1. The van der Waals surface area contributed by atoms with Gasteiger partial charge in [0.05, 0.1) is 17.4 Å². The number of rotatable bonds is 1. The first kappa shape index (κ1) is 14.6. The lowest BCUT2D eigenvalue weighted by Gasteiger charge is -2.12. The van der Waals surface area contributed by atoms with Crippen LogP contribution in [0.15, 0.2) is 29.2 Å². The molecule has 0 radical (unpaired) electrons. The minimum atomic E-state index is -0.439. The molecule has 0 unspecified atom stereocenters. The number of benzene rings is 1. The minimum absolute atomic E-state index is 0.0262. The summed E-state index contributed by atoms with van der Waals surface area (Å²) in [5, 5.41) is 7.94. The van der Waals surface area contributed by atoms with E-state index in [9.17, 15) is 9.18 Å². The fourth-order valence-corrected chi connectivity index (χ4v) is 3.18. The maximum Gasteiger partial charge on any atom is 0.272 e. The van der Waals surface area contributed by atoms with Gasteiger partial charge in [0.2, 0.25) is 0 Å². The molecule has 120 valence electrons. The van der Waals surface area contributed by atoms with Crippen LogP contribution in [0.4, 0.5) is 10.1 Å². The minimum Gasteiger partial charge on any atom is -0.394 e. The van der Waals surface area contributed by atoms with E-state index < -0.39 is 11.4 Å². The summed E-state index contributed by atoms with van der Waals surface area (Å²) in [5.74, 6) is -0.435. The fraction of sp³-hybridized carbons (Fsp3) is 0.0625. The molecule has 6 nitrogen and oxygen atoms in total. The highest BCUT2D eigenvalue weighted by molar-refractivity contribution is 6.30. The van der Waals surface area contributed by atoms with E-state index in [1.807, 2.05) is 0 Å². The molecule has 1 aromatic carbocycles. The molecule has 3 heterocycles. The molecule has 0 spiro atoms. The Balaban J connectivity index is 2.24. The molecule has 0 aliphatic rings. The summed E-state index contributed by atoms with van der Waals surface area (Å²) < 4.78 is 13.9. The van der Waals surface area contributed by atoms with Crippen molar-refractivity contribution in [1.82, 2.24) is 20.2 Å². The van der Waals surface area contributed by atoms with Crippen LogP contribution in [-0.4, -0.2) is 20.2 Å². The van der Waals surface area contributed by atoms with Crippen LogP contribution in [0.3, 0.4) is 0 Å². The van der Waals surface area contributed by atoms with Gasteiger partial charge in [-0.2, -0.15) is 5.10 Å². The summed E-state index contributed by atoms with van der Waals surface area (Å²) in [7, 11) is 0. The highest BCUT2D eigenvalue weighted by atomic mass is 35.5. The summed E-state index contributed by atoms with van der Waals surface area (Å²) in [5.41, 5.74) is 8.06. The summed E-state index contributed by atoms with van der Waals surface area (Å²) in [6.45, 7) is 1.74. The van der Waals surface area contributed by atoms with Gasteiger partial charge >= 0.3 is 0 Å². The second-order valence-electron chi connectivity index (χ2n) is 5.45. The number of hydrogen-bond acceptors (Lipinski definition) is 4. The van der Waals surface area contributed by atoms with Crippen LogP contribution in [0.25, 0.3) is 32.9 Å². The highest BCUT2D eigenvalue weighted by Gasteiger charge is 2.18. The maximum atomic E-state index is 13.9. The average molecular weight is 344 g/mol. The van der Waals surface area contributed by atoms with Crippen molar-refractivity contribution >= 4 is 39.1 Å². The number of aromatic amines is 2. The molecule has 4 N–H and O–H groups in total. The lowest BCUT2D eigenvalue weighted by Crippen LogP contribution is -2.14. The van der Waals surface area contributed by atoms with Crippen molar-refractivity contribution in [3.63, 3.8) is 0 Å². The second kappa shape index (κ2) is 5.04. The van der Waals surface area contributed by atoms with Crippen LogP contribution < -0.4 is 11.3 Å². The second-order valence-corrected chi connectivity index (χ2v) is 5.84. The number of aryl methyl sites for hydroxylation is 1. The maximum absolute atomic E-state index is 13.9. The van der Waals surface area contributed by atoms with Crippen molar-refractivity contribution in [2.24, 2.45) is 0 Å². The van der Waals surface area contributed by atoms with E-state index in [4.69, 9.17) is 17.3 Å². The van der Waals surface area contributed by atoms with E-state index in [-0.39, 0.29) is 16.4 Å². The van der Waals surface area contributed by atoms with E-state index in [1.165, 1.54) is 12.3 Å². The van der Waals surface area contributed by atoms with Crippen molar-refractivity contribution in [2.75, 3.05) is 5.73 Å². The van der Waals surface area contributed by atoms with Crippen molar-refractivity contribution in [2.45, 2.75) is 6.92 Å². The molecule has 0 atom stereocenters. The van der Waals surface area contributed by atoms with Gasteiger partial charge in [-0.1, -0.05) is 17.7 Å². The fourth-order valence-electron chi connectivity index (χ4n) is 2.94. The van der Waals surface area contributed by atoms with Gasteiger partial charge in [0.25, 0.3) is 5.56 Å². The monoisotopic (exact) mass is 343 g/mol. The van der Waals surface area contributed by atoms with Gasteiger partial charge in [0.1, 0.15) is 22.2 Å². The molecule has 4 aromatic rings. The molecule has 3 aromatic heterocycles. The Morgan fingerprint density at radius 1 is 1.25 bits per heavy atom. The summed E-state index contributed by atoms with van der Waals surface area (Å²) >= 11 is 6.08. The zero-order chi connectivity index (χ0) is 17.0. The van der Waals surface area contributed by atoms with Crippen molar-refractivity contribution in [3.05, 3.63) is 51.4 Å². The Bertz CT molecular complexity index is 1180. The third-order valence-electron chi connectivity index (χ3n) is 4.02. The molecular formula is C16H11ClFN5O. The summed E-state index contributed by atoms with van der Waals surface area (Å²) in [4.78, 5) is 19.1. The molecule has 0 saturated heterocycles. The van der Waals surface area contributed by atoms with Gasteiger partial charge in [-0.3, -0.25) is 9.89 Å². The van der Waals surface area contributed by atoms with E-state index >= 15 is 0 Å². The first-order valence-electron chi connectivity index (χ1n) is 7.08. The Morgan fingerprint density at radius 2 is 2.04 bits per heavy atom. The smallest absolute Gasteiger partial charge is 0.272 e. The van der Waals surface area contributed by atoms with Crippen molar-refractivity contribution in [3.8, 4) is 11.1 Å². The highest BCUT2D eigenvalue weighted by Crippen LogP contribution is 2.37. The molecule has 24 heavy (non-hydrogen) atoms. The average Bonchev–Trinajstić information content (AvgIpc) is 3.02. The quantitative estimate of drug-likeness (QED) is 0.462. The van der Waals surface area contributed by atoms with Gasteiger partial charge < -0.3 is 10.7 Å². The van der Waals surface area contributed by atoms with Gasteiger partial charge in [-0.05, 0) is 24.6 Å². The molecule has 4 rings (SSSR count). The van der Waals surface area contributed by atoms with Crippen LogP contribution in [0.1, 0.15) is 5.69 Å². The van der Waals surface area contributed by atoms with Crippen LogP contribution in [0.2, 0.25) is 5.15 Å². The predicted octanol–water partition coefficient (Wildman–Crippen LogP) is 3.15. The number of nitrogens with one attached hydrogen (secondary N) is 2. The number of nitrogens with zero attached hydrogens (tertiary/aromatic N) is 2. The molecule has 0 bridgehead atoms. The third kappa shape index (κ3) is 1.98. The summed E-state index contributed by atoms with van der Waals surface area (Å²) in [6, 6.07) is 4.50. The van der Waals surface area contributed by atoms with E-state index in [2.05, 4.69) is 20.2 Å². The van der Waals surface area contributed by atoms with E-state index in [0.717, 1.165) is 0 Å². The Morgan fingerprint density at radius 3 is 2.83 bits per heavy atom. The Kier molecular flexibility index (Phi) is 3.07. The van der Waals surface area contributed by atoms with Crippen molar-refractivity contribution in [1.29, 1.82) is 0 Å². The molecule has 0 saturated carbocycles. The number of nitrogen functional groups attached to an aromatic ring is 1. The number of H-pyrrole nitrogens is 2. The predicted molar refractivity (Wildman–Crippen MR) is 91.6 cm³/mol. The van der Waals surface area contributed by atoms with E-state index in [0.29, 0.717) is 33.1 Å². The number of anilines is 1. The van der Waals surface area contributed by atoms with Crippen LogP contribution in [0.5, 0.6) is 0 Å². The first-order chi connectivity index (χ1) is 11.5. The van der Waals surface area contributed by atoms with Crippen LogP contribution in [0, 0.1) is 12.7 Å². The van der Waals surface area contributed by atoms with Gasteiger partial charge in [-0.15, -0.1) is 0 Å². The molecule has 0 aliphatic heterocycles. The molecule has 0 fully saturated rings. The molecule has 8 heteroatoms. The molecule has 0 amide bonds. The lowest BCUT2D eigenvalue weighted by atomic mass is 9.97. The van der Waals surface area contributed by atoms with Gasteiger partial charge in [0, 0.05) is 16.3 Å². The molecular weight excluding hydrogens is 333 g/mol. The third-order valence-corrected chi connectivity index (χ3v) is 4.22. The topological polar surface area (TPSA) is 100 Å². The normalized spacial score (nSPS) is 11.5. The largest absolute Gasteiger partial charge is 0.394 e. The first-order valence-corrected chi connectivity index (χ1v) is 7.45. The number of fused-ring (bicyclic) bond motifs is 2.